The number of carbonyl (C=O) groups excluding carboxylic acids is 8. The molecular weight excluding hydrogens is 981 g/mol. The fourth-order valence-electron chi connectivity index (χ4n) is 8.27. The van der Waals surface area contributed by atoms with Gasteiger partial charge in [-0.05, 0) is 87.2 Å². The summed E-state index contributed by atoms with van der Waals surface area (Å²) < 4.78 is 0. The number of benzene rings is 2. The third-order valence-electron chi connectivity index (χ3n) is 12.2. The average Bonchev–Trinajstić information content (AvgIpc) is 3.78. The second kappa shape index (κ2) is 30.5. The summed E-state index contributed by atoms with van der Waals surface area (Å²) in [5, 5.41) is 32.0. The molecule has 2 aromatic carbocycles. The maximum absolute atomic E-state index is 14.7. The Morgan fingerprint density at radius 1 is 0.763 bits per heavy atom. The zero-order valence-electron chi connectivity index (χ0n) is 42.6. The molecule has 0 spiro atoms. The third kappa shape index (κ3) is 19.9. The Morgan fingerprint density at radius 2 is 1.36 bits per heavy atom. The van der Waals surface area contributed by atoms with Crippen LogP contribution in [0.25, 0.3) is 10.9 Å². The Bertz CT molecular complexity index is 2620. The van der Waals surface area contributed by atoms with E-state index in [1.165, 1.54) is 19.1 Å². The van der Waals surface area contributed by atoms with Crippen molar-refractivity contribution in [2.24, 2.45) is 44.4 Å². The number of hydrogen-bond acceptors (Lipinski definition) is 13. The third-order valence-corrected chi connectivity index (χ3v) is 12.2. The molecule has 1 aromatic heterocycles. The van der Waals surface area contributed by atoms with Gasteiger partial charge < -0.3 is 81.9 Å². The number of fused-ring (bicyclic) bond motifs is 1. The lowest BCUT2D eigenvalue weighted by Gasteiger charge is -2.28. The zero-order chi connectivity index (χ0) is 55.7. The van der Waals surface area contributed by atoms with E-state index in [1.54, 1.807) is 18.3 Å². The summed E-state index contributed by atoms with van der Waals surface area (Å²) in [5.41, 5.74) is 36.6. The van der Waals surface area contributed by atoms with Crippen LogP contribution in [0.3, 0.4) is 0 Å². The summed E-state index contributed by atoms with van der Waals surface area (Å²) in [6.07, 6.45) is 1.64. The Morgan fingerprint density at radius 3 is 1.99 bits per heavy atom. The van der Waals surface area contributed by atoms with Gasteiger partial charge in [0.15, 0.2) is 11.9 Å². The molecule has 0 unspecified atom stereocenters. The lowest BCUT2D eigenvalue weighted by molar-refractivity contribution is -0.135. The van der Waals surface area contributed by atoms with Crippen molar-refractivity contribution < 1.29 is 38.4 Å². The fourth-order valence-corrected chi connectivity index (χ4v) is 8.27. The van der Waals surface area contributed by atoms with Crippen molar-refractivity contribution in [2.45, 2.75) is 120 Å². The van der Waals surface area contributed by atoms with E-state index >= 15 is 0 Å². The highest BCUT2D eigenvalue weighted by Gasteiger charge is 2.34. The number of guanidine groups is 2. The average molecular weight is 1050 g/mol. The summed E-state index contributed by atoms with van der Waals surface area (Å²) in [5.74, 6) is -6.28. The van der Waals surface area contributed by atoms with Gasteiger partial charge in [0, 0.05) is 68.6 Å². The van der Waals surface area contributed by atoms with E-state index in [0.717, 1.165) is 10.9 Å². The predicted molar refractivity (Wildman–Crippen MR) is 284 cm³/mol. The van der Waals surface area contributed by atoms with Crippen LogP contribution in [-0.4, -0.2) is 133 Å². The number of amides is 8. The van der Waals surface area contributed by atoms with Gasteiger partial charge in [-0.25, -0.2) is 0 Å². The van der Waals surface area contributed by atoms with E-state index in [4.69, 9.17) is 34.4 Å². The molecule has 0 aliphatic carbocycles. The quantitative estimate of drug-likeness (QED) is 0.0340. The van der Waals surface area contributed by atoms with Crippen molar-refractivity contribution in [3.05, 3.63) is 83.7 Å². The minimum atomic E-state index is -1.46. The van der Waals surface area contributed by atoms with E-state index in [0.29, 0.717) is 16.7 Å². The van der Waals surface area contributed by atoms with Crippen molar-refractivity contribution >= 4 is 70.1 Å². The van der Waals surface area contributed by atoms with Gasteiger partial charge in [-0.1, -0.05) is 36.9 Å². The number of para-hydroxylation sites is 1. The molecule has 0 radical (unpaired) electrons. The molecule has 8 amide bonds. The number of H-pyrrole nitrogens is 1. The van der Waals surface area contributed by atoms with Crippen LogP contribution in [0.5, 0.6) is 0 Å². The number of aliphatic imine (C=N–C) groups is 2. The van der Waals surface area contributed by atoms with Crippen LogP contribution in [0.15, 0.2) is 77.0 Å². The molecule has 26 heteroatoms. The molecule has 1 fully saturated rings. The molecule has 1 aliphatic rings. The summed E-state index contributed by atoms with van der Waals surface area (Å²) in [6, 6.07) is 6.64. The van der Waals surface area contributed by atoms with Gasteiger partial charge in [0.25, 0.3) is 0 Å². The number of aromatic amines is 1. The van der Waals surface area contributed by atoms with Crippen molar-refractivity contribution in [3.8, 4) is 6.07 Å². The number of carbonyl (C=O) groups is 8. The number of rotatable bonds is 18. The SMILES string of the molecule is C=C(N)[C@@H]1CCCNC(=O)CC[C@H](NC(=O)[C@H](CCCN=C(N)N)NC(C)=O)C(=O)N[C@@H](CCN)C(=O)N[C@H](Cc2ccc(C#N)cc2)C(=O)N[C@@H](CCCN=C(N)N)C(=O)N[C@@H](Cc2c[nH]c3ccccc23)C(=O)N1. The van der Waals surface area contributed by atoms with Gasteiger partial charge in [0.05, 0.1) is 17.7 Å². The first-order chi connectivity index (χ1) is 36.3. The number of hydrogen-bond donors (Lipinski definition) is 15. The zero-order valence-corrected chi connectivity index (χ0v) is 42.6. The van der Waals surface area contributed by atoms with Crippen LogP contribution in [-0.2, 0) is 51.2 Å². The number of nitrogens with two attached hydrogens (primary N) is 6. The van der Waals surface area contributed by atoms with Gasteiger partial charge in [0.2, 0.25) is 47.3 Å². The molecule has 76 heavy (non-hydrogen) atoms. The lowest BCUT2D eigenvalue weighted by atomic mass is 10.0. The van der Waals surface area contributed by atoms with Crippen LogP contribution >= 0.6 is 0 Å². The normalized spacial score (nSPS) is 20.9. The summed E-state index contributed by atoms with van der Waals surface area (Å²) in [4.78, 5) is 123. The lowest BCUT2D eigenvalue weighted by Crippen LogP contribution is -2.60. The molecule has 0 bridgehead atoms. The Labute approximate surface area is 440 Å². The predicted octanol–water partition coefficient (Wildman–Crippen LogP) is -3.14. The molecule has 4 rings (SSSR count). The minimum Gasteiger partial charge on any atom is -0.401 e. The Balaban J connectivity index is 1.78. The second-order valence-electron chi connectivity index (χ2n) is 18.3. The van der Waals surface area contributed by atoms with Crippen LogP contribution in [0, 0.1) is 11.3 Å². The largest absolute Gasteiger partial charge is 0.401 e. The van der Waals surface area contributed by atoms with Crippen LogP contribution in [0.1, 0.15) is 81.4 Å². The highest BCUT2D eigenvalue weighted by Crippen LogP contribution is 2.20. The minimum absolute atomic E-state index is 0.0174. The highest BCUT2D eigenvalue weighted by molar-refractivity contribution is 5.97. The molecular formula is C50H72N18O8. The molecule has 26 nitrogen and oxygen atoms in total. The van der Waals surface area contributed by atoms with Crippen LogP contribution in [0.2, 0.25) is 0 Å². The first-order valence-corrected chi connectivity index (χ1v) is 24.9. The molecule has 3 aromatic rings. The van der Waals surface area contributed by atoms with E-state index in [9.17, 15) is 43.6 Å². The smallest absolute Gasteiger partial charge is 0.243 e. The van der Waals surface area contributed by atoms with E-state index in [1.807, 2.05) is 30.3 Å². The number of nitrogens with zero attached hydrogens (tertiary/aromatic N) is 3. The Hall–Kier alpha value is -8.73. The molecule has 1 saturated heterocycles. The van der Waals surface area contributed by atoms with E-state index in [-0.39, 0.29) is 114 Å². The maximum Gasteiger partial charge on any atom is 0.243 e. The van der Waals surface area contributed by atoms with Crippen molar-refractivity contribution in [1.29, 1.82) is 5.26 Å². The first kappa shape index (κ1) is 59.8. The van der Waals surface area contributed by atoms with Gasteiger partial charge in [-0.3, -0.25) is 48.3 Å². The summed E-state index contributed by atoms with van der Waals surface area (Å²) >= 11 is 0. The molecule has 2 heterocycles. The summed E-state index contributed by atoms with van der Waals surface area (Å²) in [7, 11) is 0. The highest BCUT2D eigenvalue weighted by atomic mass is 16.2. The van der Waals surface area contributed by atoms with Gasteiger partial charge in [0.1, 0.15) is 36.3 Å². The first-order valence-electron chi connectivity index (χ1n) is 24.9. The second-order valence-corrected chi connectivity index (χ2v) is 18.3. The molecule has 7 atom stereocenters. The van der Waals surface area contributed by atoms with E-state index in [2.05, 4.69) is 64.1 Å². The number of aromatic nitrogens is 1. The Kier molecular flexibility index (Phi) is 24.0. The van der Waals surface area contributed by atoms with Gasteiger partial charge in [-0.2, -0.15) is 5.26 Å². The van der Waals surface area contributed by atoms with E-state index < -0.39 is 89.6 Å². The molecule has 21 N–H and O–H groups in total. The van der Waals surface area contributed by atoms with Crippen molar-refractivity contribution in [1.82, 2.24) is 47.5 Å². The van der Waals surface area contributed by atoms with Crippen LogP contribution < -0.4 is 76.9 Å². The summed E-state index contributed by atoms with van der Waals surface area (Å²) in [6.45, 7) is 5.19. The van der Waals surface area contributed by atoms with Crippen LogP contribution in [0.4, 0.5) is 0 Å². The number of nitriles is 1. The monoisotopic (exact) mass is 1050 g/mol. The maximum atomic E-state index is 14.7. The molecule has 0 saturated carbocycles. The van der Waals surface area contributed by atoms with Crippen molar-refractivity contribution in [3.63, 3.8) is 0 Å². The molecule has 410 valence electrons. The molecule has 1 aliphatic heterocycles. The van der Waals surface area contributed by atoms with Gasteiger partial charge >= 0.3 is 0 Å². The van der Waals surface area contributed by atoms with Gasteiger partial charge in [-0.15, -0.1) is 0 Å². The topological polar surface area (TPSA) is 453 Å². The number of nitrogens with one attached hydrogen (secondary N) is 9. The van der Waals surface area contributed by atoms with Crippen molar-refractivity contribution in [2.75, 3.05) is 26.2 Å². The fraction of sp³-hybridized carbons (Fsp3) is 0.460. The standard InChI is InChI=1S/C50H72N18O8/c1-28(53)34-10-5-21-58-42(70)18-17-38(65-43(71)36(62-29(2)69)11-6-22-59-49(54)55)45(73)66-39(19-20-51)46(74)67-40(24-30-13-15-31(26-52)16-14-30)47(75)64-37(12-7-23-60-50(56)57)44(72)68-41(48(76)63-34)25-32-27-61-35-9-4-3-8-33(32)35/h3-4,8-9,13-16,27,34,36-41,61H,1,5-7,10-12,17-25,51,53H2,2H3,(H,58,70)(H,62,69)(H,63,76)(H,64,75)(H,65,71)(H,66,73)(H,67,74)(H,68,72)(H4,54,55,59)(H4,56,57,60)/t34-,36-,37-,38-,39-,40+,41-/m0/s1.